The second-order valence-electron chi connectivity index (χ2n) is 11.5. The lowest BCUT2D eigenvalue weighted by Crippen LogP contribution is -2.47. The SMILES string of the molecule is Cc1cccc(CN2C(=O)/C(=C\c3ccc(C(=O)NCCCN4CCN(c5ccccc5Cl)CC4)cc3)Sc3ccccc32)c1. The first-order chi connectivity index (χ1) is 21.9. The third-order valence-electron chi connectivity index (χ3n) is 8.23. The Morgan fingerprint density at radius 2 is 1.62 bits per heavy atom. The lowest BCUT2D eigenvalue weighted by Gasteiger charge is -2.36. The number of halogens is 1. The maximum Gasteiger partial charge on any atom is 0.265 e. The maximum absolute atomic E-state index is 13.7. The molecule has 0 bridgehead atoms. The summed E-state index contributed by atoms with van der Waals surface area (Å²) in [5.41, 5.74) is 5.78. The molecule has 2 heterocycles. The van der Waals surface area contributed by atoms with Gasteiger partial charge < -0.3 is 15.1 Å². The molecular weight excluding hydrogens is 600 g/mol. The first-order valence-corrected chi connectivity index (χ1v) is 16.6. The van der Waals surface area contributed by atoms with Crippen LogP contribution < -0.4 is 15.1 Å². The molecule has 0 atom stereocenters. The van der Waals surface area contributed by atoms with Gasteiger partial charge in [0.05, 0.1) is 27.8 Å². The minimum Gasteiger partial charge on any atom is -0.368 e. The van der Waals surface area contributed by atoms with Crippen LogP contribution in [0.5, 0.6) is 0 Å². The average Bonchev–Trinajstić information content (AvgIpc) is 3.06. The Kier molecular flexibility index (Phi) is 9.89. The van der Waals surface area contributed by atoms with Crippen molar-refractivity contribution in [3.8, 4) is 0 Å². The Balaban J connectivity index is 1.01. The van der Waals surface area contributed by atoms with Crippen LogP contribution in [0.2, 0.25) is 5.02 Å². The normalized spacial score (nSPS) is 16.1. The van der Waals surface area contributed by atoms with Gasteiger partial charge in [-0.3, -0.25) is 14.5 Å². The molecule has 6 rings (SSSR count). The van der Waals surface area contributed by atoms with Crippen molar-refractivity contribution in [2.24, 2.45) is 0 Å². The molecule has 0 aromatic heterocycles. The number of anilines is 2. The number of nitrogens with zero attached hydrogens (tertiary/aromatic N) is 3. The van der Waals surface area contributed by atoms with Gasteiger partial charge in [0.2, 0.25) is 0 Å². The van der Waals surface area contributed by atoms with Crippen LogP contribution in [0.3, 0.4) is 0 Å². The van der Waals surface area contributed by atoms with Crippen molar-refractivity contribution in [3.05, 3.63) is 129 Å². The Labute approximate surface area is 274 Å². The van der Waals surface area contributed by atoms with Gasteiger partial charge in [0.15, 0.2) is 0 Å². The molecule has 0 aliphatic carbocycles. The Morgan fingerprint density at radius 1 is 0.889 bits per heavy atom. The molecule has 0 saturated carbocycles. The minimum absolute atomic E-state index is 0.0210. The third-order valence-corrected chi connectivity index (χ3v) is 9.62. The lowest BCUT2D eigenvalue weighted by atomic mass is 10.1. The summed E-state index contributed by atoms with van der Waals surface area (Å²) in [5.74, 6) is -0.105. The largest absolute Gasteiger partial charge is 0.368 e. The van der Waals surface area contributed by atoms with E-state index in [2.05, 4.69) is 52.4 Å². The van der Waals surface area contributed by atoms with Gasteiger partial charge in [-0.25, -0.2) is 0 Å². The molecule has 0 unspecified atom stereocenters. The molecule has 45 heavy (non-hydrogen) atoms. The molecule has 2 aliphatic heterocycles. The van der Waals surface area contributed by atoms with Crippen molar-refractivity contribution in [1.29, 1.82) is 0 Å². The highest BCUT2D eigenvalue weighted by atomic mass is 35.5. The molecule has 8 heteroatoms. The summed E-state index contributed by atoms with van der Waals surface area (Å²) in [5, 5.41) is 3.86. The van der Waals surface area contributed by atoms with Crippen LogP contribution in [0.1, 0.15) is 33.5 Å². The van der Waals surface area contributed by atoms with E-state index in [-0.39, 0.29) is 11.8 Å². The lowest BCUT2D eigenvalue weighted by molar-refractivity contribution is -0.114. The molecule has 4 aromatic rings. The summed E-state index contributed by atoms with van der Waals surface area (Å²) in [4.78, 5) is 34.8. The fourth-order valence-corrected chi connectivity index (χ4v) is 7.14. The van der Waals surface area contributed by atoms with Gasteiger partial charge >= 0.3 is 0 Å². The number of benzene rings is 4. The first-order valence-electron chi connectivity index (χ1n) is 15.4. The summed E-state index contributed by atoms with van der Waals surface area (Å²) in [6.45, 7) is 7.98. The summed E-state index contributed by atoms with van der Waals surface area (Å²) in [6, 6.07) is 31.7. The second-order valence-corrected chi connectivity index (χ2v) is 13.0. The van der Waals surface area contributed by atoms with Gasteiger partial charge in [0, 0.05) is 43.2 Å². The quantitative estimate of drug-likeness (QED) is 0.155. The molecule has 1 N–H and O–H groups in total. The number of nitrogens with one attached hydrogen (secondary N) is 1. The third kappa shape index (κ3) is 7.61. The maximum atomic E-state index is 13.7. The van der Waals surface area contributed by atoms with E-state index in [1.165, 1.54) is 17.3 Å². The Morgan fingerprint density at radius 3 is 2.38 bits per heavy atom. The van der Waals surface area contributed by atoms with E-state index in [1.807, 2.05) is 77.7 Å². The standard InChI is InChI=1S/C37H37ClN4O2S/c1-27-8-6-9-29(24-27)26-42-33-12-4-5-13-34(33)45-35(37(42)44)25-28-14-16-30(17-15-28)36(43)39-18-7-19-40-20-22-41(23-21-40)32-11-3-2-10-31(32)38/h2-6,8-17,24-25H,7,18-23,26H2,1H3,(H,39,43)/b35-25+. The van der Waals surface area contributed by atoms with Gasteiger partial charge in [-0.05, 0) is 73.5 Å². The summed E-state index contributed by atoms with van der Waals surface area (Å²) >= 11 is 7.86. The number of hydrogen-bond donors (Lipinski definition) is 1. The Bertz CT molecular complexity index is 1700. The van der Waals surface area contributed by atoms with Crippen LogP contribution in [0, 0.1) is 6.92 Å². The van der Waals surface area contributed by atoms with Crippen LogP contribution in [-0.2, 0) is 11.3 Å². The summed E-state index contributed by atoms with van der Waals surface area (Å²) in [7, 11) is 0. The molecule has 1 saturated heterocycles. The number of aryl methyl sites for hydroxylation is 1. The van der Waals surface area contributed by atoms with E-state index in [4.69, 9.17) is 11.6 Å². The number of carbonyl (C=O) groups excluding carboxylic acids is 2. The molecule has 2 aliphatic rings. The summed E-state index contributed by atoms with van der Waals surface area (Å²) < 4.78 is 0. The van der Waals surface area contributed by atoms with Gasteiger partial charge in [0.1, 0.15) is 0 Å². The number of rotatable bonds is 9. The van der Waals surface area contributed by atoms with E-state index in [0.29, 0.717) is 23.6 Å². The number of amides is 2. The second kappa shape index (κ2) is 14.4. The molecule has 6 nitrogen and oxygen atoms in total. The molecule has 4 aromatic carbocycles. The smallest absolute Gasteiger partial charge is 0.265 e. The van der Waals surface area contributed by atoms with E-state index in [9.17, 15) is 9.59 Å². The van der Waals surface area contributed by atoms with Crippen LogP contribution in [-0.4, -0.2) is 56.0 Å². The van der Waals surface area contributed by atoms with Crippen molar-refractivity contribution >= 4 is 52.6 Å². The summed E-state index contributed by atoms with van der Waals surface area (Å²) in [6.07, 6.45) is 2.81. The highest BCUT2D eigenvalue weighted by Crippen LogP contribution is 2.42. The zero-order valence-corrected chi connectivity index (χ0v) is 27.0. The number of fused-ring (bicyclic) bond motifs is 1. The molecule has 0 radical (unpaired) electrons. The first kappa shape index (κ1) is 31.0. The monoisotopic (exact) mass is 636 g/mol. The Hall–Kier alpha value is -4.04. The minimum atomic E-state index is -0.0842. The van der Waals surface area contributed by atoms with Crippen LogP contribution in [0.25, 0.3) is 6.08 Å². The van der Waals surface area contributed by atoms with Crippen LogP contribution in [0.4, 0.5) is 11.4 Å². The van der Waals surface area contributed by atoms with Gasteiger partial charge in [-0.15, -0.1) is 0 Å². The van der Waals surface area contributed by atoms with Gasteiger partial charge in [0.25, 0.3) is 11.8 Å². The van der Waals surface area contributed by atoms with Crippen molar-refractivity contribution in [2.75, 3.05) is 49.1 Å². The topological polar surface area (TPSA) is 55.9 Å². The number of piperazine rings is 1. The van der Waals surface area contributed by atoms with Crippen molar-refractivity contribution in [1.82, 2.24) is 10.2 Å². The van der Waals surface area contributed by atoms with Crippen LogP contribution in [0.15, 0.2) is 107 Å². The zero-order valence-electron chi connectivity index (χ0n) is 25.4. The van der Waals surface area contributed by atoms with E-state index < -0.39 is 0 Å². The number of carbonyl (C=O) groups is 2. The highest BCUT2D eigenvalue weighted by molar-refractivity contribution is 8.04. The van der Waals surface area contributed by atoms with Crippen LogP contribution >= 0.6 is 23.4 Å². The molecule has 0 spiro atoms. The number of para-hydroxylation sites is 2. The van der Waals surface area contributed by atoms with Gasteiger partial charge in [-0.1, -0.05) is 89.6 Å². The fraction of sp³-hybridized carbons (Fsp3) is 0.243. The highest BCUT2D eigenvalue weighted by Gasteiger charge is 2.29. The van der Waals surface area contributed by atoms with Crippen molar-refractivity contribution in [3.63, 3.8) is 0 Å². The van der Waals surface area contributed by atoms with Crippen molar-refractivity contribution < 1.29 is 9.59 Å². The molecular formula is C37H37ClN4O2S. The molecule has 1 fully saturated rings. The zero-order chi connectivity index (χ0) is 31.2. The van der Waals surface area contributed by atoms with E-state index in [1.54, 1.807) is 0 Å². The molecule has 2 amide bonds. The number of thioether (sulfide) groups is 1. The van der Waals surface area contributed by atoms with E-state index in [0.717, 1.165) is 71.6 Å². The average molecular weight is 637 g/mol. The predicted molar refractivity (Wildman–Crippen MR) is 186 cm³/mol. The van der Waals surface area contributed by atoms with E-state index >= 15 is 0 Å². The fourth-order valence-electron chi connectivity index (χ4n) is 5.82. The predicted octanol–water partition coefficient (Wildman–Crippen LogP) is 7.27. The molecule has 230 valence electrons. The number of hydrogen-bond acceptors (Lipinski definition) is 5. The van der Waals surface area contributed by atoms with Gasteiger partial charge in [-0.2, -0.15) is 0 Å². The van der Waals surface area contributed by atoms with Crippen molar-refractivity contribution in [2.45, 2.75) is 24.8 Å².